The number of thioether (sulfide) groups is 1. The minimum atomic E-state index is -0.227. The highest BCUT2D eigenvalue weighted by Gasteiger charge is 1.97. The highest BCUT2D eigenvalue weighted by molar-refractivity contribution is 7.99. The zero-order valence-electron chi connectivity index (χ0n) is 12.3. The van der Waals surface area contributed by atoms with E-state index in [9.17, 15) is 4.39 Å². The Bertz CT molecular complexity index is 614. The highest BCUT2D eigenvalue weighted by Crippen LogP contribution is 2.18. The first-order valence-corrected chi connectivity index (χ1v) is 7.75. The van der Waals surface area contributed by atoms with Gasteiger partial charge in [-0.3, -0.25) is 4.99 Å². The van der Waals surface area contributed by atoms with Crippen LogP contribution in [0.15, 0.2) is 58.4 Å². The Hall–Kier alpha value is -2.21. The maximum absolute atomic E-state index is 12.8. The van der Waals surface area contributed by atoms with Gasteiger partial charge in [0.15, 0.2) is 5.96 Å². The lowest BCUT2D eigenvalue weighted by Crippen LogP contribution is -2.23. The zero-order chi connectivity index (χ0) is 15.8. The molecule has 3 N–H and O–H groups in total. The van der Waals surface area contributed by atoms with Crippen LogP contribution in [0.1, 0.15) is 0 Å². The Morgan fingerprint density at radius 3 is 2.50 bits per heavy atom. The number of nitrogens with two attached hydrogens (primary N) is 1. The molecule has 0 atom stereocenters. The lowest BCUT2D eigenvalue weighted by Gasteiger charge is -2.06. The molecule has 0 heterocycles. The van der Waals surface area contributed by atoms with E-state index in [0.717, 1.165) is 22.1 Å². The summed E-state index contributed by atoms with van der Waals surface area (Å²) in [6, 6.07) is 13.8. The SMILES string of the molecule is COc1ccc(NC(N)=NCCSc2ccc(F)cc2)cc1. The van der Waals surface area contributed by atoms with Gasteiger partial charge in [0.25, 0.3) is 0 Å². The van der Waals surface area contributed by atoms with Gasteiger partial charge >= 0.3 is 0 Å². The van der Waals surface area contributed by atoms with Crippen LogP contribution in [0.3, 0.4) is 0 Å². The molecule has 0 fully saturated rings. The van der Waals surface area contributed by atoms with Crippen molar-refractivity contribution in [2.75, 3.05) is 24.7 Å². The quantitative estimate of drug-likeness (QED) is 0.371. The first kappa shape index (κ1) is 16.2. The summed E-state index contributed by atoms with van der Waals surface area (Å²) in [6.07, 6.45) is 0. The van der Waals surface area contributed by atoms with Crippen molar-refractivity contribution < 1.29 is 9.13 Å². The third-order valence-corrected chi connectivity index (χ3v) is 3.81. The third kappa shape index (κ3) is 5.29. The molecular formula is C16H18FN3OS. The minimum Gasteiger partial charge on any atom is -0.497 e. The van der Waals surface area contributed by atoms with Crippen LogP contribution < -0.4 is 15.8 Å². The molecule has 2 aromatic rings. The average Bonchev–Trinajstić information content (AvgIpc) is 2.54. The molecule has 0 spiro atoms. The molecule has 6 heteroatoms. The van der Waals surface area contributed by atoms with Crippen LogP contribution in [0, 0.1) is 5.82 Å². The van der Waals surface area contributed by atoms with Gasteiger partial charge in [0.2, 0.25) is 0 Å². The van der Waals surface area contributed by atoms with Gasteiger partial charge in [-0.15, -0.1) is 11.8 Å². The number of methoxy groups -OCH3 is 1. The van der Waals surface area contributed by atoms with Crippen molar-refractivity contribution in [3.05, 3.63) is 54.3 Å². The Morgan fingerprint density at radius 2 is 1.86 bits per heavy atom. The normalized spacial score (nSPS) is 11.3. The molecule has 2 aromatic carbocycles. The standard InChI is InChI=1S/C16H18FN3OS/c1-21-14-6-4-13(5-7-14)20-16(18)19-10-11-22-15-8-2-12(17)3-9-15/h2-9H,10-11H2,1H3,(H3,18,19,20). The van der Waals surface area contributed by atoms with Crippen molar-refractivity contribution >= 4 is 23.4 Å². The number of halogens is 1. The van der Waals surface area contributed by atoms with E-state index in [4.69, 9.17) is 10.5 Å². The number of guanidine groups is 1. The average molecular weight is 319 g/mol. The molecule has 22 heavy (non-hydrogen) atoms. The fraction of sp³-hybridized carbons (Fsp3) is 0.188. The monoisotopic (exact) mass is 319 g/mol. The summed E-state index contributed by atoms with van der Waals surface area (Å²) in [4.78, 5) is 5.26. The molecule has 0 aliphatic rings. The van der Waals surface area contributed by atoms with Gasteiger partial charge in [0.05, 0.1) is 13.7 Å². The Labute approximate surface area is 133 Å². The second kappa shape index (κ2) is 8.29. The molecule has 2 rings (SSSR count). The van der Waals surface area contributed by atoms with Crippen LogP contribution >= 0.6 is 11.8 Å². The van der Waals surface area contributed by atoms with Crippen molar-refractivity contribution in [2.24, 2.45) is 10.7 Å². The molecule has 0 aliphatic carbocycles. The zero-order valence-corrected chi connectivity index (χ0v) is 13.1. The number of nitrogens with one attached hydrogen (secondary N) is 1. The highest BCUT2D eigenvalue weighted by atomic mass is 32.2. The smallest absolute Gasteiger partial charge is 0.193 e. The second-order valence-electron chi connectivity index (χ2n) is 4.42. The summed E-state index contributed by atoms with van der Waals surface area (Å²) in [6.45, 7) is 0.580. The molecule has 0 bridgehead atoms. The first-order chi connectivity index (χ1) is 10.7. The molecule has 0 saturated carbocycles. The van der Waals surface area contributed by atoms with Crippen molar-refractivity contribution in [1.29, 1.82) is 0 Å². The third-order valence-electron chi connectivity index (χ3n) is 2.82. The summed E-state index contributed by atoms with van der Waals surface area (Å²) in [5, 5.41) is 3.01. The molecule has 0 aliphatic heterocycles. The van der Waals surface area contributed by atoms with Crippen molar-refractivity contribution in [3.63, 3.8) is 0 Å². The fourth-order valence-corrected chi connectivity index (χ4v) is 2.47. The van der Waals surface area contributed by atoms with E-state index in [1.165, 1.54) is 12.1 Å². The number of nitrogens with zero attached hydrogens (tertiary/aromatic N) is 1. The van der Waals surface area contributed by atoms with Crippen LogP contribution in [-0.2, 0) is 0 Å². The van der Waals surface area contributed by atoms with E-state index in [-0.39, 0.29) is 5.82 Å². The van der Waals surface area contributed by atoms with Gasteiger partial charge in [-0.2, -0.15) is 0 Å². The summed E-state index contributed by atoms with van der Waals surface area (Å²) < 4.78 is 17.9. The topological polar surface area (TPSA) is 59.6 Å². The van der Waals surface area contributed by atoms with E-state index in [1.54, 1.807) is 31.0 Å². The molecule has 0 saturated heterocycles. The van der Waals surface area contributed by atoms with E-state index in [1.807, 2.05) is 24.3 Å². The number of anilines is 1. The van der Waals surface area contributed by atoms with E-state index >= 15 is 0 Å². The number of rotatable bonds is 6. The number of ether oxygens (including phenoxy) is 1. The van der Waals surface area contributed by atoms with Gasteiger partial charge in [0.1, 0.15) is 11.6 Å². The van der Waals surface area contributed by atoms with E-state index in [2.05, 4.69) is 10.3 Å². The molecule has 0 amide bonds. The largest absolute Gasteiger partial charge is 0.497 e. The molecule has 0 aromatic heterocycles. The van der Waals surface area contributed by atoms with Crippen LogP contribution in [0.2, 0.25) is 0 Å². The summed E-state index contributed by atoms with van der Waals surface area (Å²) in [7, 11) is 1.62. The number of benzene rings is 2. The van der Waals surface area contributed by atoms with Crippen LogP contribution in [0.25, 0.3) is 0 Å². The second-order valence-corrected chi connectivity index (χ2v) is 5.59. The van der Waals surface area contributed by atoms with Crippen LogP contribution in [0.5, 0.6) is 5.75 Å². The summed E-state index contributed by atoms with van der Waals surface area (Å²) >= 11 is 1.61. The molecular weight excluding hydrogens is 301 g/mol. The Kier molecular flexibility index (Phi) is 6.09. The Balaban J connectivity index is 1.76. The van der Waals surface area contributed by atoms with Crippen LogP contribution in [-0.4, -0.2) is 25.4 Å². The van der Waals surface area contributed by atoms with Gasteiger partial charge in [-0.25, -0.2) is 4.39 Å². The van der Waals surface area contributed by atoms with Crippen molar-refractivity contribution in [2.45, 2.75) is 4.90 Å². The first-order valence-electron chi connectivity index (χ1n) is 6.77. The molecule has 0 unspecified atom stereocenters. The lowest BCUT2D eigenvalue weighted by molar-refractivity contribution is 0.415. The van der Waals surface area contributed by atoms with Crippen molar-refractivity contribution in [3.8, 4) is 5.75 Å². The van der Waals surface area contributed by atoms with Gasteiger partial charge in [-0.05, 0) is 48.5 Å². The predicted octanol–water partition coefficient (Wildman–Crippen LogP) is 3.35. The van der Waals surface area contributed by atoms with Crippen LogP contribution in [0.4, 0.5) is 10.1 Å². The van der Waals surface area contributed by atoms with Crippen molar-refractivity contribution in [1.82, 2.24) is 0 Å². The predicted molar refractivity (Wildman–Crippen MR) is 90.2 cm³/mol. The Morgan fingerprint density at radius 1 is 1.18 bits per heavy atom. The maximum atomic E-state index is 12.8. The lowest BCUT2D eigenvalue weighted by atomic mass is 10.3. The van der Waals surface area contributed by atoms with Gasteiger partial charge < -0.3 is 15.8 Å². The fourth-order valence-electron chi connectivity index (χ4n) is 1.72. The summed E-state index contributed by atoms with van der Waals surface area (Å²) in [5.41, 5.74) is 6.68. The van der Waals surface area contributed by atoms with E-state index in [0.29, 0.717) is 12.5 Å². The number of aliphatic imine (C=N–C) groups is 1. The molecule has 116 valence electrons. The van der Waals surface area contributed by atoms with Gasteiger partial charge in [-0.1, -0.05) is 0 Å². The minimum absolute atomic E-state index is 0.227. The number of hydrogen-bond donors (Lipinski definition) is 2. The summed E-state index contributed by atoms with van der Waals surface area (Å²) in [5.74, 6) is 1.70. The maximum Gasteiger partial charge on any atom is 0.193 e. The van der Waals surface area contributed by atoms with Gasteiger partial charge in [0, 0.05) is 16.3 Å². The molecule has 0 radical (unpaired) electrons. The van der Waals surface area contributed by atoms with E-state index < -0.39 is 0 Å². The number of hydrogen-bond acceptors (Lipinski definition) is 3. The molecule has 4 nitrogen and oxygen atoms in total.